The molecule has 0 aliphatic heterocycles. The summed E-state index contributed by atoms with van der Waals surface area (Å²) in [6.07, 6.45) is 2.25. The highest BCUT2D eigenvalue weighted by Gasteiger charge is 2.07. The first-order valence-electron chi connectivity index (χ1n) is 7.10. The number of rotatable bonds is 4. The van der Waals surface area contributed by atoms with Crippen molar-refractivity contribution < 1.29 is 4.79 Å². The van der Waals surface area contributed by atoms with E-state index >= 15 is 0 Å². The maximum atomic E-state index is 12.0. The number of aromatic nitrogens is 2. The highest BCUT2D eigenvalue weighted by molar-refractivity contribution is 9.10. The molecule has 0 radical (unpaired) electrons. The Morgan fingerprint density at radius 2 is 2.00 bits per heavy atom. The molecule has 1 N–H and O–H groups in total. The number of nitrogens with zero attached hydrogens (tertiary/aromatic N) is 2. The van der Waals surface area contributed by atoms with E-state index in [1.807, 2.05) is 47.3 Å². The van der Waals surface area contributed by atoms with Gasteiger partial charge >= 0.3 is 0 Å². The van der Waals surface area contributed by atoms with Gasteiger partial charge in [0.15, 0.2) is 0 Å². The fraction of sp³-hybridized carbons (Fsp3) is 0.176. The molecule has 0 atom stereocenters. The number of carbonyl (C=O) groups excluding carboxylic acids is 1. The van der Waals surface area contributed by atoms with Crippen LogP contribution in [-0.2, 0) is 11.3 Å². The molecule has 0 saturated carbocycles. The molecule has 0 unspecified atom stereocenters. The first-order chi connectivity index (χ1) is 10.6. The fourth-order valence-electron chi connectivity index (χ4n) is 2.39. The van der Waals surface area contributed by atoms with E-state index in [2.05, 4.69) is 39.3 Å². The molecule has 0 aliphatic carbocycles. The number of hydrogen-bond donors (Lipinski definition) is 1. The summed E-state index contributed by atoms with van der Waals surface area (Å²) in [6, 6.07) is 13.6. The van der Waals surface area contributed by atoms with E-state index in [0.29, 0.717) is 13.0 Å². The lowest BCUT2D eigenvalue weighted by molar-refractivity contribution is -0.116. The number of aryl methyl sites for hydroxylation is 2. The molecule has 0 saturated heterocycles. The number of halogens is 1. The Balaban J connectivity index is 1.65. The summed E-state index contributed by atoms with van der Waals surface area (Å²) in [4.78, 5) is 12.0. The molecule has 2 aromatic carbocycles. The van der Waals surface area contributed by atoms with Crippen LogP contribution in [0.2, 0.25) is 0 Å². The van der Waals surface area contributed by atoms with Crippen molar-refractivity contribution in [2.45, 2.75) is 19.9 Å². The third-order valence-electron chi connectivity index (χ3n) is 3.58. The normalized spacial score (nSPS) is 10.8. The molecule has 22 heavy (non-hydrogen) atoms. The second kappa shape index (κ2) is 6.32. The molecule has 3 aromatic rings. The first-order valence-corrected chi connectivity index (χ1v) is 7.89. The van der Waals surface area contributed by atoms with Gasteiger partial charge in [-0.2, -0.15) is 5.10 Å². The highest BCUT2D eigenvalue weighted by atomic mass is 79.9. The Morgan fingerprint density at radius 1 is 1.23 bits per heavy atom. The highest BCUT2D eigenvalue weighted by Crippen LogP contribution is 2.18. The van der Waals surface area contributed by atoms with Crippen LogP contribution in [0.5, 0.6) is 0 Å². The van der Waals surface area contributed by atoms with Crippen molar-refractivity contribution in [1.82, 2.24) is 9.78 Å². The van der Waals surface area contributed by atoms with E-state index in [1.54, 1.807) is 0 Å². The maximum Gasteiger partial charge on any atom is 0.226 e. The van der Waals surface area contributed by atoms with Gasteiger partial charge in [0.05, 0.1) is 18.3 Å². The minimum absolute atomic E-state index is 0.0152. The minimum atomic E-state index is -0.0152. The second-order valence-electron chi connectivity index (χ2n) is 5.18. The molecule has 1 aromatic heterocycles. The lowest BCUT2D eigenvalue weighted by Gasteiger charge is -2.06. The summed E-state index contributed by atoms with van der Waals surface area (Å²) in [5, 5.41) is 8.40. The fourth-order valence-corrected chi connectivity index (χ4v) is 2.65. The predicted octanol–water partition coefficient (Wildman–Crippen LogP) is 4.14. The predicted molar refractivity (Wildman–Crippen MR) is 91.9 cm³/mol. The Hall–Kier alpha value is -2.14. The number of nitrogens with one attached hydrogen (secondary N) is 1. The number of fused-ring (bicyclic) bond motifs is 1. The smallest absolute Gasteiger partial charge is 0.226 e. The van der Waals surface area contributed by atoms with Gasteiger partial charge < -0.3 is 5.32 Å². The van der Waals surface area contributed by atoms with Gasteiger partial charge in [-0.05, 0) is 42.8 Å². The van der Waals surface area contributed by atoms with Crippen LogP contribution in [0, 0.1) is 6.92 Å². The largest absolute Gasteiger partial charge is 0.326 e. The SMILES string of the molecule is Cc1cccc2c1cnn2CCC(=O)Nc1ccc(Br)cc1. The van der Waals surface area contributed by atoms with Crippen molar-refractivity contribution in [3.05, 3.63) is 58.7 Å². The van der Waals surface area contributed by atoms with Crippen LogP contribution < -0.4 is 5.32 Å². The molecule has 0 fully saturated rings. The summed E-state index contributed by atoms with van der Waals surface area (Å²) in [6.45, 7) is 2.63. The van der Waals surface area contributed by atoms with Crippen molar-refractivity contribution in [2.24, 2.45) is 0 Å². The van der Waals surface area contributed by atoms with Gasteiger partial charge in [-0.15, -0.1) is 0 Å². The minimum Gasteiger partial charge on any atom is -0.326 e. The third-order valence-corrected chi connectivity index (χ3v) is 4.11. The zero-order valence-corrected chi connectivity index (χ0v) is 13.8. The van der Waals surface area contributed by atoms with Crippen LogP contribution in [0.3, 0.4) is 0 Å². The van der Waals surface area contributed by atoms with E-state index in [9.17, 15) is 4.79 Å². The summed E-state index contributed by atoms with van der Waals surface area (Å²) >= 11 is 3.37. The Labute approximate surface area is 137 Å². The molecule has 0 bridgehead atoms. The van der Waals surface area contributed by atoms with Crippen molar-refractivity contribution in [2.75, 3.05) is 5.32 Å². The van der Waals surface area contributed by atoms with E-state index < -0.39 is 0 Å². The maximum absolute atomic E-state index is 12.0. The van der Waals surface area contributed by atoms with Gasteiger partial charge in [-0.25, -0.2) is 0 Å². The van der Waals surface area contributed by atoms with E-state index in [4.69, 9.17) is 0 Å². The van der Waals surface area contributed by atoms with E-state index in [-0.39, 0.29) is 5.91 Å². The molecule has 0 spiro atoms. The number of amides is 1. The van der Waals surface area contributed by atoms with Gasteiger partial charge in [0.25, 0.3) is 0 Å². The number of carbonyl (C=O) groups is 1. The van der Waals surface area contributed by atoms with Crippen molar-refractivity contribution >= 4 is 38.4 Å². The van der Waals surface area contributed by atoms with Crippen LogP contribution in [0.4, 0.5) is 5.69 Å². The summed E-state index contributed by atoms with van der Waals surface area (Å²) < 4.78 is 2.87. The summed E-state index contributed by atoms with van der Waals surface area (Å²) in [7, 11) is 0. The van der Waals surface area contributed by atoms with Crippen molar-refractivity contribution in [3.63, 3.8) is 0 Å². The monoisotopic (exact) mass is 357 g/mol. The molecular weight excluding hydrogens is 342 g/mol. The molecular formula is C17H16BrN3O. The molecule has 112 valence electrons. The quantitative estimate of drug-likeness (QED) is 0.762. The Kier molecular flexibility index (Phi) is 4.24. The van der Waals surface area contributed by atoms with Crippen LogP contribution >= 0.6 is 15.9 Å². The van der Waals surface area contributed by atoms with Crippen molar-refractivity contribution in [3.8, 4) is 0 Å². The van der Waals surface area contributed by atoms with Gasteiger partial charge in [-0.3, -0.25) is 9.48 Å². The lowest BCUT2D eigenvalue weighted by Crippen LogP contribution is -2.14. The van der Waals surface area contributed by atoms with Crippen LogP contribution in [0.15, 0.2) is 53.1 Å². The average Bonchev–Trinajstić information content (AvgIpc) is 2.92. The van der Waals surface area contributed by atoms with E-state index in [0.717, 1.165) is 21.1 Å². The van der Waals surface area contributed by atoms with Gasteiger partial charge in [0.2, 0.25) is 5.91 Å². The molecule has 1 amide bonds. The number of hydrogen-bond acceptors (Lipinski definition) is 2. The zero-order valence-electron chi connectivity index (χ0n) is 12.2. The van der Waals surface area contributed by atoms with Gasteiger partial charge in [0.1, 0.15) is 0 Å². The van der Waals surface area contributed by atoms with Crippen LogP contribution in [-0.4, -0.2) is 15.7 Å². The molecule has 1 heterocycles. The Morgan fingerprint density at radius 3 is 2.77 bits per heavy atom. The summed E-state index contributed by atoms with van der Waals surface area (Å²) in [5.41, 5.74) is 3.06. The molecule has 0 aliphatic rings. The van der Waals surface area contributed by atoms with Crippen molar-refractivity contribution in [1.29, 1.82) is 0 Å². The Bertz CT molecular complexity index is 808. The number of anilines is 1. The standard InChI is InChI=1S/C17H16BrN3O/c1-12-3-2-4-16-15(12)11-19-21(16)10-9-17(22)20-14-7-5-13(18)6-8-14/h2-8,11H,9-10H2,1H3,(H,20,22). The van der Waals surface area contributed by atoms with E-state index in [1.165, 1.54) is 5.56 Å². The third kappa shape index (κ3) is 3.20. The zero-order chi connectivity index (χ0) is 15.5. The molecule has 3 rings (SSSR count). The van der Waals surface area contributed by atoms with Crippen LogP contribution in [0.25, 0.3) is 10.9 Å². The molecule has 5 heteroatoms. The van der Waals surface area contributed by atoms with Crippen LogP contribution in [0.1, 0.15) is 12.0 Å². The lowest BCUT2D eigenvalue weighted by atomic mass is 10.1. The first kappa shape index (κ1) is 14.8. The van der Waals surface area contributed by atoms with Gasteiger partial charge in [-0.1, -0.05) is 28.1 Å². The average molecular weight is 358 g/mol. The molecule has 4 nitrogen and oxygen atoms in total. The van der Waals surface area contributed by atoms with Gasteiger partial charge in [0, 0.05) is 22.0 Å². The topological polar surface area (TPSA) is 46.9 Å². The number of benzene rings is 2. The second-order valence-corrected chi connectivity index (χ2v) is 6.10. The summed E-state index contributed by atoms with van der Waals surface area (Å²) in [5.74, 6) is -0.0152.